The van der Waals surface area contributed by atoms with Crippen LogP contribution in [0.1, 0.15) is 45.4 Å². The Morgan fingerprint density at radius 2 is 1.91 bits per heavy atom. The van der Waals surface area contributed by atoms with Crippen molar-refractivity contribution in [3.05, 3.63) is 28.7 Å². The van der Waals surface area contributed by atoms with Gasteiger partial charge < -0.3 is 10.2 Å². The molecule has 1 unspecified atom stereocenters. The van der Waals surface area contributed by atoms with Gasteiger partial charge in [0.25, 0.3) is 0 Å². The van der Waals surface area contributed by atoms with Crippen molar-refractivity contribution in [3.8, 4) is 0 Å². The van der Waals surface area contributed by atoms with Crippen molar-refractivity contribution in [1.82, 2.24) is 4.90 Å². The summed E-state index contributed by atoms with van der Waals surface area (Å²) in [5.41, 5.74) is 0.0276. The number of carbonyl (C=O) groups excluding carboxylic acids is 2. The first kappa shape index (κ1) is 16.5. The van der Waals surface area contributed by atoms with Gasteiger partial charge in [-0.15, -0.1) is 0 Å². The highest BCUT2D eigenvalue weighted by Crippen LogP contribution is 2.36. The van der Waals surface area contributed by atoms with Gasteiger partial charge >= 0.3 is 0 Å². The summed E-state index contributed by atoms with van der Waals surface area (Å²) in [7, 11) is 0. The van der Waals surface area contributed by atoms with Crippen molar-refractivity contribution >= 4 is 33.4 Å². The fraction of sp³-hybridized carbons (Fsp3) is 0.556. The molecular formula is C18H23BrN2O2. The van der Waals surface area contributed by atoms with Gasteiger partial charge in [-0.1, -0.05) is 31.4 Å². The van der Waals surface area contributed by atoms with Crippen molar-refractivity contribution in [3.63, 3.8) is 0 Å². The van der Waals surface area contributed by atoms with Gasteiger partial charge in [-0.25, -0.2) is 0 Å². The molecule has 1 aliphatic carbocycles. The quantitative estimate of drug-likeness (QED) is 0.864. The van der Waals surface area contributed by atoms with E-state index in [1.54, 1.807) is 4.90 Å². The molecule has 4 nitrogen and oxygen atoms in total. The van der Waals surface area contributed by atoms with E-state index >= 15 is 0 Å². The zero-order valence-corrected chi connectivity index (χ0v) is 15.1. The molecule has 2 fully saturated rings. The van der Waals surface area contributed by atoms with E-state index in [1.807, 2.05) is 31.2 Å². The molecule has 1 aromatic rings. The van der Waals surface area contributed by atoms with Crippen LogP contribution in [0.2, 0.25) is 0 Å². The molecular weight excluding hydrogens is 356 g/mol. The first-order valence-corrected chi connectivity index (χ1v) is 9.19. The van der Waals surface area contributed by atoms with E-state index in [1.165, 1.54) is 6.42 Å². The molecule has 5 heteroatoms. The molecule has 0 aromatic heterocycles. The van der Waals surface area contributed by atoms with Crippen LogP contribution in [0.5, 0.6) is 0 Å². The van der Waals surface area contributed by atoms with E-state index in [0.717, 1.165) is 42.3 Å². The van der Waals surface area contributed by atoms with Crippen LogP contribution in [0, 0.1) is 5.92 Å². The second-order valence-electron chi connectivity index (χ2n) is 6.78. The lowest BCUT2D eigenvalue weighted by molar-refractivity contribution is -0.158. The number of rotatable bonds is 3. The number of carbonyl (C=O) groups is 2. The molecule has 124 valence electrons. The van der Waals surface area contributed by atoms with Gasteiger partial charge in [0.15, 0.2) is 0 Å². The Morgan fingerprint density at radius 3 is 2.52 bits per heavy atom. The van der Waals surface area contributed by atoms with Crippen LogP contribution in [-0.4, -0.2) is 28.8 Å². The van der Waals surface area contributed by atoms with Gasteiger partial charge in [0.05, 0.1) is 5.69 Å². The lowest BCUT2D eigenvalue weighted by atomic mass is 9.81. The average Bonchev–Trinajstić information content (AvgIpc) is 2.56. The molecule has 1 heterocycles. The summed E-state index contributed by atoms with van der Waals surface area (Å²) < 4.78 is 0.849. The Kier molecular flexibility index (Phi) is 4.76. The van der Waals surface area contributed by atoms with Crippen molar-refractivity contribution in [1.29, 1.82) is 0 Å². The van der Waals surface area contributed by atoms with Gasteiger partial charge in [0.1, 0.15) is 5.54 Å². The van der Waals surface area contributed by atoms with Crippen LogP contribution in [0.25, 0.3) is 0 Å². The van der Waals surface area contributed by atoms with E-state index in [4.69, 9.17) is 0 Å². The molecule has 1 atom stereocenters. The summed E-state index contributed by atoms with van der Waals surface area (Å²) in [5.74, 6) is 0.181. The highest BCUT2D eigenvalue weighted by molar-refractivity contribution is 9.10. The third-order valence-electron chi connectivity index (χ3n) is 5.25. The molecule has 2 amide bonds. The third-order valence-corrected chi connectivity index (χ3v) is 5.94. The Balaban J connectivity index is 1.69. The smallest absolute Gasteiger partial charge is 0.250 e. The Labute approximate surface area is 145 Å². The average molecular weight is 379 g/mol. The highest BCUT2D eigenvalue weighted by Gasteiger charge is 2.50. The first-order chi connectivity index (χ1) is 11.0. The number of halogens is 1. The maximum atomic E-state index is 12.8. The number of hydrogen-bond acceptors (Lipinski definition) is 2. The third kappa shape index (κ3) is 3.16. The van der Waals surface area contributed by atoms with Crippen LogP contribution >= 0.6 is 15.9 Å². The Morgan fingerprint density at radius 1 is 1.22 bits per heavy atom. The van der Waals surface area contributed by atoms with E-state index in [2.05, 4.69) is 21.2 Å². The second kappa shape index (κ2) is 6.63. The van der Waals surface area contributed by atoms with Crippen molar-refractivity contribution < 1.29 is 9.59 Å². The molecule has 3 rings (SSSR count). The normalized spacial score (nSPS) is 24.9. The summed E-state index contributed by atoms with van der Waals surface area (Å²) in [5, 5.41) is 2.96. The minimum absolute atomic E-state index is 0.0974. The number of nitrogens with zero attached hydrogens (tertiary/aromatic N) is 1. The minimum atomic E-state index is -0.718. The van der Waals surface area contributed by atoms with Crippen LogP contribution in [0.3, 0.4) is 0 Å². The number of benzene rings is 1. The van der Waals surface area contributed by atoms with Crippen molar-refractivity contribution in [2.75, 3.05) is 11.9 Å². The Hall–Kier alpha value is -1.36. The van der Waals surface area contributed by atoms with Gasteiger partial charge in [0.2, 0.25) is 11.8 Å². The van der Waals surface area contributed by atoms with Crippen LogP contribution in [-0.2, 0) is 9.59 Å². The Bertz CT molecular complexity index is 613. The molecule has 1 N–H and O–H groups in total. The number of nitrogens with one attached hydrogen (secondary N) is 1. The fourth-order valence-electron chi connectivity index (χ4n) is 3.54. The maximum absolute atomic E-state index is 12.8. The molecule has 23 heavy (non-hydrogen) atoms. The van der Waals surface area contributed by atoms with E-state index in [9.17, 15) is 9.59 Å². The predicted molar refractivity (Wildman–Crippen MR) is 94.1 cm³/mol. The summed E-state index contributed by atoms with van der Waals surface area (Å²) in [6.07, 6.45) is 6.15. The van der Waals surface area contributed by atoms with Gasteiger partial charge in [-0.2, -0.15) is 0 Å². The largest absolute Gasteiger partial charge is 0.328 e. The minimum Gasteiger partial charge on any atom is -0.328 e. The lowest BCUT2D eigenvalue weighted by Gasteiger charge is -2.50. The number of para-hydroxylation sites is 1. The SMILES string of the molecule is CC1(C(=O)Nc2ccccc2Br)CCN1C(=O)C1CCCCC1. The topological polar surface area (TPSA) is 49.4 Å². The monoisotopic (exact) mass is 378 g/mol. The molecule has 1 saturated heterocycles. The number of hydrogen-bond donors (Lipinski definition) is 1. The standard InChI is InChI=1S/C18H23BrN2O2/c1-18(17(23)20-15-10-6-5-9-14(15)19)11-12-21(18)16(22)13-7-3-2-4-8-13/h5-6,9-10,13H,2-4,7-8,11-12H2,1H3,(H,20,23). The zero-order valence-electron chi connectivity index (χ0n) is 13.5. The molecule has 0 spiro atoms. The summed E-state index contributed by atoms with van der Waals surface area (Å²) in [6, 6.07) is 7.54. The van der Waals surface area contributed by atoms with Crippen molar-refractivity contribution in [2.24, 2.45) is 5.92 Å². The number of likely N-dealkylation sites (tertiary alicyclic amines) is 1. The van der Waals surface area contributed by atoms with E-state index < -0.39 is 5.54 Å². The van der Waals surface area contributed by atoms with Crippen LogP contribution < -0.4 is 5.32 Å². The van der Waals surface area contributed by atoms with Crippen molar-refractivity contribution in [2.45, 2.75) is 51.0 Å². The predicted octanol–water partition coefficient (Wildman–Crippen LogP) is 3.96. The van der Waals surface area contributed by atoms with Gasteiger partial charge in [-0.3, -0.25) is 9.59 Å². The summed E-state index contributed by atoms with van der Waals surface area (Å²) >= 11 is 3.44. The van der Waals surface area contributed by atoms with E-state index in [-0.39, 0.29) is 17.7 Å². The molecule has 1 saturated carbocycles. The van der Waals surface area contributed by atoms with Crippen LogP contribution in [0.15, 0.2) is 28.7 Å². The molecule has 1 aliphatic heterocycles. The lowest BCUT2D eigenvalue weighted by Crippen LogP contribution is -2.67. The first-order valence-electron chi connectivity index (χ1n) is 8.40. The second-order valence-corrected chi connectivity index (χ2v) is 7.64. The maximum Gasteiger partial charge on any atom is 0.250 e. The fourth-order valence-corrected chi connectivity index (χ4v) is 3.92. The zero-order chi connectivity index (χ0) is 16.4. The highest BCUT2D eigenvalue weighted by atomic mass is 79.9. The van der Waals surface area contributed by atoms with Crippen LogP contribution in [0.4, 0.5) is 5.69 Å². The molecule has 0 bridgehead atoms. The van der Waals surface area contributed by atoms with Gasteiger partial charge in [0, 0.05) is 16.9 Å². The molecule has 0 radical (unpaired) electrons. The van der Waals surface area contributed by atoms with Gasteiger partial charge in [-0.05, 0) is 54.2 Å². The summed E-state index contributed by atoms with van der Waals surface area (Å²) in [6.45, 7) is 2.57. The summed E-state index contributed by atoms with van der Waals surface area (Å²) in [4.78, 5) is 27.3. The number of amides is 2. The van der Waals surface area contributed by atoms with E-state index in [0.29, 0.717) is 6.54 Å². The molecule has 2 aliphatic rings. The number of anilines is 1. The molecule has 1 aromatic carbocycles.